The molecule has 0 heterocycles. The zero-order valence-electron chi connectivity index (χ0n) is 6.29. The normalized spacial score (nSPS) is 36.6. The molecule has 0 spiro atoms. The van der Waals surface area contributed by atoms with Crippen molar-refractivity contribution >= 4 is 0 Å². The predicted octanol–water partition coefficient (Wildman–Crippen LogP) is 1.06. The number of aliphatic hydroxyl groups excluding tert-OH is 2. The molecule has 2 atom stereocenters. The summed E-state index contributed by atoms with van der Waals surface area (Å²) in [6.07, 6.45) is 5.20. The van der Waals surface area contributed by atoms with Crippen molar-refractivity contribution in [3.05, 3.63) is 0 Å². The molecule has 1 rings (SSSR count). The third kappa shape index (κ3) is 2.27. The first-order valence-corrected chi connectivity index (χ1v) is 4.17. The monoisotopic (exact) mass is 144 g/mol. The summed E-state index contributed by atoms with van der Waals surface area (Å²) in [6.45, 7) is 0. The second kappa shape index (κ2) is 3.94. The minimum Gasteiger partial charge on any atom is -0.390 e. The highest BCUT2D eigenvalue weighted by Gasteiger charge is 2.16. The Hall–Kier alpha value is -0.0800. The standard InChI is InChI=1S/C8H16O2/c9-7-5-3-1-2-4-6-8(7)10/h7-10H,1-6H2/t7-,8?/m1/s1. The molecule has 1 fully saturated rings. The van der Waals surface area contributed by atoms with Crippen LogP contribution < -0.4 is 0 Å². The molecule has 0 aromatic heterocycles. The van der Waals surface area contributed by atoms with Crippen molar-refractivity contribution in [2.75, 3.05) is 0 Å². The Bertz CT molecular complexity index is 81.3. The molecule has 10 heavy (non-hydrogen) atoms. The van der Waals surface area contributed by atoms with Crippen LogP contribution in [0.25, 0.3) is 0 Å². The summed E-state index contributed by atoms with van der Waals surface area (Å²) in [4.78, 5) is 0. The van der Waals surface area contributed by atoms with Gasteiger partial charge < -0.3 is 10.2 Å². The van der Waals surface area contributed by atoms with E-state index in [0.29, 0.717) is 0 Å². The van der Waals surface area contributed by atoms with Gasteiger partial charge in [-0.1, -0.05) is 25.7 Å². The van der Waals surface area contributed by atoms with Gasteiger partial charge in [-0.2, -0.15) is 0 Å². The highest BCUT2D eigenvalue weighted by molar-refractivity contribution is 4.69. The molecule has 2 heteroatoms. The van der Waals surface area contributed by atoms with E-state index in [2.05, 4.69) is 0 Å². The number of hydrogen-bond donors (Lipinski definition) is 2. The fraction of sp³-hybridized carbons (Fsp3) is 1.00. The third-order valence-electron chi connectivity index (χ3n) is 2.19. The molecule has 0 aliphatic heterocycles. The summed E-state index contributed by atoms with van der Waals surface area (Å²) >= 11 is 0. The average Bonchev–Trinajstić information content (AvgIpc) is 1.92. The molecule has 0 amide bonds. The summed E-state index contributed by atoms with van der Waals surface area (Å²) in [5, 5.41) is 18.5. The van der Waals surface area contributed by atoms with E-state index in [4.69, 9.17) is 0 Å². The van der Waals surface area contributed by atoms with E-state index in [-0.39, 0.29) is 0 Å². The lowest BCUT2D eigenvalue weighted by atomic mass is 9.96. The van der Waals surface area contributed by atoms with Crippen molar-refractivity contribution in [3.8, 4) is 0 Å². The van der Waals surface area contributed by atoms with Crippen LogP contribution in [0.2, 0.25) is 0 Å². The van der Waals surface area contributed by atoms with Gasteiger partial charge in [0.25, 0.3) is 0 Å². The topological polar surface area (TPSA) is 40.5 Å². The van der Waals surface area contributed by atoms with Gasteiger partial charge in [0.1, 0.15) is 0 Å². The maximum atomic E-state index is 9.23. The highest BCUT2D eigenvalue weighted by atomic mass is 16.3. The molecule has 2 N–H and O–H groups in total. The zero-order valence-corrected chi connectivity index (χ0v) is 6.29. The van der Waals surface area contributed by atoms with Gasteiger partial charge in [0.15, 0.2) is 0 Å². The van der Waals surface area contributed by atoms with Crippen LogP contribution in [0, 0.1) is 0 Å². The molecule has 0 radical (unpaired) electrons. The van der Waals surface area contributed by atoms with Gasteiger partial charge in [0.2, 0.25) is 0 Å². The molecule has 1 saturated carbocycles. The molecule has 0 saturated heterocycles. The van der Waals surface area contributed by atoms with Crippen LogP contribution in [0.3, 0.4) is 0 Å². The smallest absolute Gasteiger partial charge is 0.0799 e. The SMILES string of the molecule is OC1CCCCCC[C@H]1O. The maximum Gasteiger partial charge on any atom is 0.0799 e. The van der Waals surface area contributed by atoms with Crippen molar-refractivity contribution in [1.29, 1.82) is 0 Å². The number of aliphatic hydroxyl groups is 2. The van der Waals surface area contributed by atoms with Crippen molar-refractivity contribution in [3.63, 3.8) is 0 Å². The summed E-state index contributed by atoms with van der Waals surface area (Å²) in [5.41, 5.74) is 0. The van der Waals surface area contributed by atoms with Crippen molar-refractivity contribution in [1.82, 2.24) is 0 Å². The van der Waals surface area contributed by atoms with Gasteiger partial charge >= 0.3 is 0 Å². The first kappa shape index (κ1) is 8.02. The summed E-state index contributed by atoms with van der Waals surface area (Å²) < 4.78 is 0. The summed E-state index contributed by atoms with van der Waals surface area (Å²) in [6, 6.07) is 0. The average molecular weight is 144 g/mol. The molecule has 1 aliphatic rings. The fourth-order valence-corrected chi connectivity index (χ4v) is 1.45. The van der Waals surface area contributed by atoms with Gasteiger partial charge in [-0.25, -0.2) is 0 Å². The first-order valence-electron chi connectivity index (χ1n) is 4.17. The van der Waals surface area contributed by atoms with E-state index in [1.807, 2.05) is 0 Å². The van der Waals surface area contributed by atoms with Crippen LogP contribution in [0.4, 0.5) is 0 Å². The van der Waals surface area contributed by atoms with Gasteiger partial charge in [-0.15, -0.1) is 0 Å². The number of hydrogen-bond acceptors (Lipinski definition) is 2. The van der Waals surface area contributed by atoms with E-state index in [9.17, 15) is 10.2 Å². The van der Waals surface area contributed by atoms with Gasteiger partial charge in [0, 0.05) is 0 Å². The number of rotatable bonds is 0. The van der Waals surface area contributed by atoms with Crippen LogP contribution in [0.15, 0.2) is 0 Å². The minimum absolute atomic E-state index is 0.458. The Labute approximate surface area is 61.9 Å². The van der Waals surface area contributed by atoms with Crippen LogP contribution in [-0.4, -0.2) is 22.4 Å². The zero-order chi connectivity index (χ0) is 7.40. The minimum atomic E-state index is -0.458. The van der Waals surface area contributed by atoms with E-state index < -0.39 is 12.2 Å². The summed E-state index contributed by atoms with van der Waals surface area (Å²) in [7, 11) is 0. The summed E-state index contributed by atoms with van der Waals surface area (Å²) in [5.74, 6) is 0. The lowest BCUT2D eigenvalue weighted by Crippen LogP contribution is -2.26. The molecule has 1 unspecified atom stereocenters. The predicted molar refractivity (Wildman–Crippen MR) is 39.7 cm³/mol. The molecule has 60 valence electrons. The second-order valence-corrected chi connectivity index (χ2v) is 3.13. The fourth-order valence-electron chi connectivity index (χ4n) is 1.45. The lowest BCUT2D eigenvalue weighted by Gasteiger charge is -2.19. The Morgan fingerprint density at radius 3 is 1.50 bits per heavy atom. The molecule has 0 aromatic rings. The van der Waals surface area contributed by atoms with Gasteiger partial charge in [-0.05, 0) is 12.8 Å². The van der Waals surface area contributed by atoms with Crippen LogP contribution in [0.5, 0.6) is 0 Å². The van der Waals surface area contributed by atoms with Crippen molar-refractivity contribution in [2.45, 2.75) is 50.7 Å². The largest absolute Gasteiger partial charge is 0.390 e. The third-order valence-corrected chi connectivity index (χ3v) is 2.19. The van der Waals surface area contributed by atoms with E-state index in [1.54, 1.807) is 0 Å². The van der Waals surface area contributed by atoms with E-state index >= 15 is 0 Å². The molecule has 2 nitrogen and oxygen atoms in total. The Kier molecular flexibility index (Phi) is 3.16. The molecule has 1 aliphatic carbocycles. The highest BCUT2D eigenvalue weighted by Crippen LogP contribution is 2.17. The van der Waals surface area contributed by atoms with Crippen molar-refractivity contribution in [2.24, 2.45) is 0 Å². The lowest BCUT2D eigenvalue weighted by molar-refractivity contribution is 0.00303. The van der Waals surface area contributed by atoms with E-state index in [0.717, 1.165) is 25.7 Å². The van der Waals surface area contributed by atoms with Gasteiger partial charge in [0.05, 0.1) is 12.2 Å². The molecular weight excluding hydrogens is 128 g/mol. The maximum absolute atomic E-state index is 9.23. The Morgan fingerprint density at radius 1 is 0.700 bits per heavy atom. The quantitative estimate of drug-likeness (QED) is 0.533. The molecule has 0 bridgehead atoms. The van der Waals surface area contributed by atoms with Crippen LogP contribution in [0.1, 0.15) is 38.5 Å². The van der Waals surface area contributed by atoms with Crippen molar-refractivity contribution < 1.29 is 10.2 Å². The molecule has 0 aromatic carbocycles. The van der Waals surface area contributed by atoms with Gasteiger partial charge in [-0.3, -0.25) is 0 Å². The van der Waals surface area contributed by atoms with Crippen LogP contribution >= 0.6 is 0 Å². The molecular formula is C8H16O2. The second-order valence-electron chi connectivity index (χ2n) is 3.13. The Morgan fingerprint density at radius 2 is 1.10 bits per heavy atom. The van der Waals surface area contributed by atoms with Crippen LogP contribution in [-0.2, 0) is 0 Å². The first-order chi connectivity index (χ1) is 4.80. The van der Waals surface area contributed by atoms with E-state index in [1.165, 1.54) is 12.8 Å². The Balaban J connectivity index is 2.28.